The van der Waals surface area contributed by atoms with Crippen LogP contribution in [-0.2, 0) is 10.7 Å². The Morgan fingerprint density at radius 3 is 2.31 bits per heavy atom. The van der Waals surface area contributed by atoms with Crippen molar-refractivity contribution >= 4 is 6.09 Å². The van der Waals surface area contributed by atoms with Crippen LogP contribution in [-0.4, -0.2) is 21.5 Å². The zero-order valence-electron chi connectivity index (χ0n) is 9.62. The van der Waals surface area contributed by atoms with E-state index in [1.165, 1.54) is 0 Å². The number of nitrogens with zero attached hydrogens (tertiary/aromatic N) is 2. The maximum Gasteiger partial charge on any atom is 0.435 e. The highest BCUT2D eigenvalue weighted by atomic mass is 19.3. The first-order valence-corrected chi connectivity index (χ1v) is 4.76. The summed E-state index contributed by atoms with van der Waals surface area (Å²) < 4.78 is 31.5. The van der Waals surface area contributed by atoms with Crippen molar-refractivity contribution in [3.8, 4) is 0 Å². The van der Waals surface area contributed by atoms with Crippen LogP contribution in [0.5, 0.6) is 0 Å². The summed E-state index contributed by atoms with van der Waals surface area (Å²) in [6.45, 7) is 5.79. The minimum absolute atomic E-state index is 0.321. The molecule has 0 aromatic carbocycles. The molecule has 0 aliphatic heterocycles. The third kappa shape index (κ3) is 3.29. The molecule has 0 saturated carbocycles. The Kier molecular flexibility index (Phi) is 3.03. The summed E-state index contributed by atoms with van der Waals surface area (Å²) in [6.07, 6.45) is 1.14. The van der Waals surface area contributed by atoms with Crippen molar-refractivity contribution in [2.24, 2.45) is 0 Å². The lowest BCUT2D eigenvalue weighted by Crippen LogP contribution is -2.27. The highest BCUT2D eigenvalue weighted by Crippen LogP contribution is 2.26. The molecule has 0 unspecified atom stereocenters. The van der Waals surface area contributed by atoms with Crippen LogP contribution in [0.15, 0.2) is 12.4 Å². The second-order valence-electron chi connectivity index (χ2n) is 4.54. The van der Waals surface area contributed by atoms with E-state index in [1.54, 1.807) is 20.8 Å². The molecule has 1 aromatic rings. The summed E-state index contributed by atoms with van der Waals surface area (Å²) in [5.74, 6) is -3.01. The number of hydrogen-bond acceptors (Lipinski definition) is 3. The quantitative estimate of drug-likeness (QED) is 0.747. The summed E-state index contributed by atoms with van der Waals surface area (Å²) in [7, 11) is 0. The number of aromatic nitrogens is 2. The molecule has 0 radical (unpaired) electrons. The molecule has 1 aromatic heterocycles. The number of alkyl halides is 2. The molecule has 1 heterocycles. The summed E-state index contributed by atoms with van der Waals surface area (Å²) in [6, 6.07) is 0. The largest absolute Gasteiger partial charge is 0.442 e. The SMILES string of the molecule is CC(C)(C)OC(=O)n1cc(C(C)(F)F)cn1. The van der Waals surface area contributed by atoms with Crippen molar-refractivity contribution in [3.05, 3.63) is 18.0 Å². The number of carbonyl (C=O) groups is 1. The first kappa shape index (κ1) is 12.6. The molecule has 0 fully saturated rings. The van der Waals surface area contributed by atoms with Crippen LogP contribution in [0.3, 0.4) is 0 Å². The van der Waals surface area contributed by atoms with Crippen LogP contribution in [0.2, 0.25) is 0 Å². The van der Waals surface area contributed by atoms with E-state index in [-0.39, 0.29) is 5.56 Å². The van der Waals surface area contributed by atoms with Gasteiger partial charge in [0.2, 0.25) is 0 Å². The molecule has 0 bridgehead atoms. The van der Waals surface area contributed by atoms with Gasteiger partial charge in [0.25, 0.3) is 5.92 Å². The molecule has 0 atom stereocenters. The van der Waals surface area contributed by atoms with E-state index < -0.39 is 17.6 Å². The summed E-state index contributed by atoms with van der Waals surface area (Å²) >= 11 is 0. The average Bonchev–Trinajstić information content (AvgIpc) is 2.46. The van der Waals surface area contributed by atoms with Crippen LogP contribution in [0.4, 0.5) is 13.6 Å². The van der Waals surface area contributed by atoms with Gasteiger partial charge in [-0.3, -0.25) is 0 Å². The minimum Gasteiger partial charge on any atom is -0.442 e. The van der Waals surface area contributed by atoms with Gasteiger partial charge in [0, 0.05) is 13.1 Å². The third-order valence-electron chi connectivity index (χ3n) is 1.67. The van der Waals surface area contributed by atoms with Gasteiger partial charge in [-0.05, 0) is 20.8 Å². The number of halogens is 2. The van der Waals surface area contributed by atoms with E-state index in [9.17, 15) is 13.6 Å². The Labute approximate surface area is 92.2 Å². The molecular formula is C10H14F2N2O2. The van der Waals surface area contributed by atoms with E-state index >= 15 is 0 Å². The summed E-state index contributed by atoms with van der Waals surface area (Å²) in [4.78, 5) is 11.4. The van der Waals surface area contributed by atoms with Crippen LogP contribution in [0.1, 0.15) is 33.3 Å². The van der Waals surface area contributed by atoms with E-state index in [1.807, 2.05) is 0 Å². The maximum absolute atomic E-state index is 12.9. The van der Waals surface area contributed by atoms with Crippen molar-refractivity contribution < 1.29 is 18.3 Å². The molecule has 0 aliphatic carbocycles. The van der Waals surface area contributed by atoms with Crippen molar-refractivity contribution in [1.82, 2.24) is 9.78 Å². The first-order valence-electron chi connectivity index (χ1n) is 4.76. The number of rotatable bonds is 1. The van der Waals surface area contributed by atoms with Gasteiger partial charge in [0.05, 0.1) is 11.8 Å². The van der Waals surface area contributed by atoms with Crippen LogP contribution in [0.25, 0.3) is 0 Å². The lowest BCUT2D eigenvalue weighted by molar-refractivity contribution is 0.0173. The highest BCUT2D eigenvalue weighted by molar-refractivity contribution is 5.69. The molecule has 90 valence electrons. The molecular weight excluding hydrogens is 218 g/mol. The van der Waals surface area contributed by atoms with Crippen LogP contribution in [0, 0.1) is 0 Å². The predicted molar refractivity (Wildman–Crippen MR) is 53.4 cm³/mol. The molecule has 0 aliphatic rings. The predicted octanol–water partition coefficient (Wildman–Crippen LogP) is 2.78. The molecule has 4 nitrogen and oxygen atoms in total. The average molecular weight is 232 g/mol. The van der Waals surface area contributed by atoms with Crippen LogP contribution < -0.4 is 0 Å². The first-order chi connectivity index (χ1) is 7.09. The Hall–Kier alpha value is -1.46. The normalized spacial score (nSPS) is 12.6. The monoisotopic (exact) mass is 232 g/mol. The Balaban J connectivity index is 2.83. The van der Waals surface area contributed by atoms with Crippen molar-refractivity contribution in [2.75, 3.05) is 0 Å². The van der Waals surface area contributed by atoms with Crippen LogP contribution >= 0.6 is 0 Å². The van der Waals surface area contributed by atoms with Gasteiger partial charge in [-0.1, -0.05) is 0 Å². The topological polar surface area (TPSA) is 44.1 Å². The zero-order valence-corrected chi connectivity index (χ0v) is 9.62. The summed E-state index contributed by atoms with van der Waals surface area (Å²) in [5, 5.41) is 3.53. The molecule has 0 amide bonds. The minimum atomic E-state index is -3.01. The lowest BCUT2D eigenvalue weighted by atomic mass is 10.2. The fourth-order valence-electron chi connectivity index (χ4n) is 0.958. The summed E-state index contributed by atoms with van der Waals surface area (Å²) in [5.41, 5.74) is -1.00. The smallest absolute Gasteiger partial charge is 0.435 e. The highest BCUT2D eigenvalue weighted by Gasteiger charge is 2.28. The number of carbonyl (C=O) groups excluding carboxylic acids is 1. The van der Waals surface area contributed by atoms with Gasteiger partial charge in [0.1, 0.15) is 5.60 Å². The molecule has 0 N–H and O–H groups in total. The van der Waals surface area contributed by atoms with Gasteiger partial charge in [0.15, 0.2) is 0 Å². The van der Waals surface area contributed by atoms with Gasteiger partial charge in [-0.2, -0.15) is 9.78 Å². The Morgan fingerprint density at radius 1 is 1.38 bits per heavy atom. The van der Waals surface area contributed by atoms with Gasteiger partial charge < -0.3 is 4.74 Å². The molecule has 6 heteroatoms. The second-order valence-corrected chi connectivity index (χ2v) is 4.54. The molecule has 1 rings (SSSR count). The zero-order chi connectivity index (χ0) is 12.6. The van der Waals surface area contributed by atoms with Crippen molar-refractivity contribution in [2.45, 2.75) is 39.2 Å². The molecule has 0 spiro atoms. The molecule has 0 saturated heterocycles. The lowest BCUT2D eigenvalue weighted by Gasteiger charge is -2.18. The van der Waals surface area contributed by atoms with Gasteiger partial charge in [-0.25, -0.2) is 13.6 Å². The van der Waals surface area contributed by atoms with Gasteiger partial charge in [-0.15, -0.1) is 0 Å². The maximum atomic E-state index is 12.9. The standard InChI is InChI=1S/C10H14F2N2O2/c1-9(2,3)16-8(15)14-6-7(5-13-14)10(4,11)12/h5-6H,1-4H3. The Bertz CT molecular complexity index is 388. The fourth-order valence-corrected chi connectivity index (χ4v) is 0.958. The van der Waals surface area contributed by atoms with E-state index in [0.29, 0.717) is 0 Å². The van der Waals surface area contributed by atoms with E-state index in [2.05, 4.69) is 5.10 Å². The fraction of sp³-hybridized carbons (Fsp3) is 0.600. The number of hydrogen-bond donors (Lipinski definition) is 0. The second kappa shape index (κ2) is 3.84. The Morgan fingerprint density at radius 2 is 1.94 bits per heavy atom. The third-order valence-corrected chi connectivity index (χ3v) is 1.67. The number of ether oxygens (including phenoxy) is 1. The van der Waals surface area contributed by atoms with Crippen molar-refractivity contribution in [3.63, 3.8) is 0 Å². The van der Waals surface area contributed by atoms with Gasteiger partial charge >= 0.3 is 6.09 Å². The molecule has 16 heavy (non-hydrogen) atoms. The van der Waals surface area contributed by atoms with Crippen molar-refractivity contribution in [1.29, 1.82) is 0 Å². The van der Waals surface area contributed by atoms with E-state index in [4.69, 9.17) is 4.74 Å². The van der Waals surface area contributed by atoms with E-state index in [0.717, 1.165) is 24.0 Å².